The Morgan fingerprint density at radius 2 is 2.20 bits per heavy atom. The molecule has 0 aliphatic heterocycles. The molecule has 1 aromatic rings. The highest BCUT2D eigenvalue weighted by Gasteiger charge is 2.09. The minimum Gasteiger partial charge on any atom is -0.347 e. The van der Waals surface area contributed by atoms with Crippen LogP contribution in [0.15, 0.2) is 33.7 Å². The first-order chi connectivity index (χ1) is 7.02. The molecule has 1 rings (SSSR count). The van der Waals surface area contributed by atoms with E-state index >= 15 is 0 Å². The highest BCUT2D eigenvalue weighted by Crippen LogP contribution is 2.19. The number of halogens is 2. The third kappa shape index (κ3) is 3.47. The summed E-state index contributed by atoms with van der Waals surface area (Å²) in [6.07, 6.45) is 0. The first kappa shape index (κ1) is 12.5. The van der Waals surface area contributed by atoms with Gasteiger partial charge in [-0.2, -0.15) is 0 Å². The lowest BCUT2D eigenvalue weighted by atomic mass is 10.1. The number of nitrogens with one attached hydrogen (secondary N) is 1. The van der Waals surface area contributed by atoms with Gasteiger partial charge in [0.25, 0.3) is 5.91 Å². The lowest BCUT2D eigenvalue weighted by molar-refractivity contribution is 0.0957. The van der Waals surface area contributed by atoms with Crippen LogP contribution in [0.25, 0.3) is 0 Å². The SMILES string of the molecule is C=C(Br)CNC(=O)c1cccc(Br)c1C. The lowest BCUT2D eigenvalue weighted by Crippen LogP contribution is -2.25. The molecule has 0 spiro atoms. The highest BCUT2D eigenvalue weighted by atomic mass is 79.9. The molecule has 80 valence electrons. The molecule has 0 radical (unpaired) electrons. The van der Waals surface area contributed by atoms with Crippen LogP contribution in [0.2, 0.25) is 0 Å². The maximum absolute atomic E-state index is 11.7. The van der Waals surface area contributed by atoms with Crippen LogP contribution in [0.4, 0.5) is 0 Å². The second-order valence-electron chi connectivity index (χ2n) is 3.11. The van der Waals surface area contributed by atoms with Crippen LogP contribution in [0.3, 0.4) is 0 Å². The van der Waals surface area contributed by atoms with Crippen molar-refractivity contribution in [3.05, 3.63) is 44.9 Å². The van der Waals surface area contributed by atoms with Gasteiger partial charge in [0.2, 0.25) is 0 Å². The van der Waals surface area contributed by atoms with Crippen LogP contribution in [0.1, 0.15) is 15.9 Å². The summed E-state index contributed by atoms with van der Waals surface area (Å²) in [6, 6.07) is 5.55. The van der Waals surface area contributed by atoms with E-state index in [0.29, 0.717) is 12.1 Å². The second kappa shape index (κ2) is 5.47. The van der Waals surface area contributed by atoms with Crippen LogP contribution in [0.5, 0.6) is 0 Å². The summed E-state index contributed by atoms with van der Waals surface area (Å²) < 4.78 is 1.69. The van der Waals surface area contributed by atoms with E-state index in [9.17, 15) is 4.79 Å². The molecule has 1 amide bonds. The van der Waals surface area contributed by atoms with Gasteiger partial charge in [-0.25, -0.2) is 0 Å². The van der Waals surface area contributed by atoms with Gasteiger partial charge in [0.1, 0.15) is 0 Å². The van der Waals surface area contributed by atoms with Gasteiger partial charge >= 0.3 is 0 Å². The van der Waals surface area contributed by atoms with Crippen LogP contribution >= 0.6 is 31.9 Å². The molecule has 0 saturated carbocycles. The average Bonchev–Trinajstić information content (AvgIpc) is 2.18. The predicted octanol–water partition coefficient (Wildman–Crippen LogP) is 3.40. The van der Waals surface area contributed by atoms with Crippen LogP contribution in [-0.2, 0) is 0 Å². The molecule has 0 unspecified atom stereocenters. The summed E-state index contributed by atoms with van der Waals surface area (Å²) in [7, 11) is 0. The Hall–Kier alpha value is -0.610. The summed E-state index contributed by atoms with van der Waals surface area (Å²) in [5.41, 5.74) is 1.62. The van der Waals surface area contributed by atoms with Crippen LogP contribution in [0, 0.1) is 6.92 Å². The molecule has 0 aliphatic carbocycles. The number of amides is 1. The monoisotopic (exact) mass is 331 g/mol. The molecule has 0 heterocycles. The molecule has 1 N–H and O–H groups in total. The van der Waals surface area contributed by atoms with Crippen molar-refractivity contribution in [3.8, 4) is 0 Å². The Balaban J connectivity index is 2.82. The maximum atomic E-state index is 11.7. The van der Waals surface area contributed by atoms with E-state index in [1.165, 1.54) is 0 Å². The number of carbonyl (C=O) groups excluding carboxylic acids is 1. The maximum Gasteiger partial charge on any atom is 0.251 e. The fraction of sp³-hybridized carbons (Fsp3) is 0.182. The minimum atomic E-state index is -0.0885. The molecule has 0 saturated heterocycles. The molecule has 15 heavy (non-hydrogen) atoms. The van der Waals surface area contributed by atoms with Crippen molar-refractivity contribution < 1.29 is 4.79 Å². The fourth-order valence-electron chi connectivity index (χ4n) is 1.12. The molecule has 0 atom stereocenters. The van der Waals surface area contributed by atoms with Gasteiger partial charge in [-0.1, -0.05) is 44.5 Å². The fourth-order valence-corrected chi connectivity index (χ4v) is 1.63. The van der Waals surface area contributed by atoms with Crippen molar-refractivity contribution in [3.63, 3.8) is 0 Å². The highest BCUT2D eigenvalue weighted by molar-refractivity contribution is 9.11. The van der Waals surface area contributed by atoms with Gasteiger partial charge < -0.3 is 5.32 Å². The Labute approximate surface area is 106 Å². The summed E-state index contributed by atoms with van der Waals surface area (Å²) in [5.74, 6) is -0.0885. The van der Waals surface area contributed by atoms with Gasteiger partial charge in [-0.05, 0) is 24.6 Å². The van der Waals surface area contributed by atoms with Gasteiger partial charge in [0.15, 0.2) is 0 Å². The summed E-state index contributed by atoms with van der Waals surface area (Å²) in [5, 5.41) is 2.76. The molecule has 1 aromatic carbocycles. The first-order valence-electron chi connectivity index (χ1n) is 4.39. The van der Waals surface area contributed by atoms with Crippen molar-refractivity contribution in [2.24, 2.45) is 0 Å². The number of hydrogen-bond donors (Lipinski definition) is 1. The standard InChI is InChI=1S/C11H11Br2NO/c1-7(12)6-14-11(15)9-4-3-5-10(13)8(9)2/h3-5H,1,6H2,2H3,(H,14,15). The molecule has 0 aromatic heterocycles. The van der Waals surface area contributed by atoms with Gasteiger partial charge in [-0.3, -0.25) is 4.79 Å². The van der Waals surface area contributed by atoms with Crippen molar-refractivity contribution in [1.29, 1.82) is 0 Å². The number of rotatable bonds is 3. The van der Waals surface area contributed by atoms with Gasteiger partial charge in [0.05, 0.1) is 0 Å². The summed E-state index contributed by atoms with van der Waals surface area (Å²) in [6.45, 7) is 5.99. The zero-order valence-electron chi connectivity index (χ0n) is 8.31. The van der Waals surface area contributed by atoms with Crippen molar-refractivity contribution >= 4 is 37.8 Å². The minimum absolute atomic E-state index is 0.0885. The zero-order chi connectivity index (χ0) is 11.4. The quantitative estimate of drug-likeness (QED) is 0.903. The third-order valence-electron chi connectivity index (χ3n) is 1.95. The topological polar surface area (TPSA) is 29.1 Å². The molecule has 4 heteroatoms. The van der Waals surface area contributed by atoms with E-state index in [0.717, 1.165) is 14.5 Å². The molecule has 0 fully saturated rings. The molecule has 2 nitrogen and oxygen atoms in total. The number of hydrogen-bond acceptors (Lipinski definition) is 1. The van der Waals surface area contributed by atoms with Crippen molar-refractivity contribution in [2.75, 3.05) is 6.54 Å². The molecular formula is C11H11Br2NO. The Bertz CT molecular complexity index is 402. The summed E-state index contributed by atoms with van der Waals surface area (Å²) >= 11 is 6.58. The van der Waals surface area contributed by atoms with Crippen LogP contribution < -0.4 is 5.32 Å². The Morgan fingerprint density at radius 1 is 1.53 bits per heavy atom. The largest absolute Gasteiger partial charge is 0.347 e. The second-order valence-corrected chi connectivity index (χ2v) is 5.09. The summed E-state index contributed by atoms with van der Waals surface area (Å²) in [4.78, 5) is 11.7. The van der Waals surface area contributed by atoms with Crippen LogP contribution in [-0.4, -0.2) is 12.5 Å². The lowest BCUT2D eigenvalue weighted by Gasteiger charge is -2.07. The molecule has 0 aliphatic rings. The molecule has 0 bridgehead atoms. The van der Waals surface area contributed by atoms with E-state index in [1.807, 2.05) is 19.1 Å². The Morgan fingerprint density at radius 3 is 2.80 bits per heavy atom. The van der Waals surface area contributed by atoms with E-state index in [1.54, 1.807) is 6.07 Å². The predicted molar refractivity (Wildman–Crippen MR) is 69.3 cm³/mol. The molecular weight excluding hydrogens is 322 g/mol. The zero-order valence-corrected chi connectivity index (χ0v) is 11.5. The smallest absolute Gasteiger partial charge is 0.251 e. The number of benzene rings is 1. The van der Waals surface area contributed by atoms with Gasteiger partial charge in [-0.15, -0.1) is 0 Å². The third-order valence-corrected chi connectivity index (χ3v) is 3.09. The Kier molecular flexibility index (Phi) is 4.54. The van der Waals surface area contributed by atoms with Crippen molar-refractivity contribution in [1.82, 2.24) is 5.32 Å². The van der Waals surface area contributed by atoms with E-state index in [-0.39, 0.29) is 5.91 Å². The average molecular weight is 333 g/mol. The first-order valence-corrected chi connectivity index (χ1v) is 5.97. The van der Waals surface area contributed by atoms with E-state index in [2.05, 4.69) is 43.8 Å². The number of carbonyl (C=O) groups is 1. The normalized spacial score (nSPS) is 9.80. The van der Waals surface area contributed by atoms with Gasteiger partial charge in [0, 0.05) is 21.1 Å². The van der Waals surface area contributed by atoms with E-state index < -0.39 is 0 Å². The van der Waals surface area contributed by atoms with E-state index in [4.69, 9.17) is 0 Å². The van der Waals surface area contributed by atoms with Crippen molar-refractivity contribution in [2.45, 2.75) is 6.92 Å².